The van der Waals surface area contributed by atoms with Gasteiger partial charge in [0.25, 0.3) is 0 Å². The number of amides is 2. The highest BCUT2D eigenvalue weighted by Crippen LogP contribution is 2.27. The number of urea groups is 1. The van der Waals surface area contributed by atoms with Crippen molar-refractivity contribution in [2.75, 3.05) is 26.2 Å². The molecule has 2 rings (SSSR count). The van der Waals surface area contributed by atoms with Crippen molar-refractivity contribution in [3.05, 3.63) is 0 Å². The largest absolute Gasteiger partial charge is 0.480 e. The van der Waals surface area contributed by atoms with Gasteiger partial charge in [0, 0.05) is 25.2 Å². The van der Waals surface area contributed by atoms with Crippen LogP contribution in [0, 0.1) is 0 Å². The first-order valence-corrected chi connectivity index (χ1v) is 7.13. The number of aliphatic carboxylic acids is 1. The number of likely N-dealkylation sites (N-methyl/N-ethyl adjacent to an activating group) is 1. The molecule has 2 N–H and O–H groups in total. The molecule has 2 aliphatic rings. The van der Waals surface area contributed by atoms with Crippen molar-refractivity contribution >= 4 is 12.0 Å². The molecule has 6 heteroatoms. The monoisotopic (exact) mass is 269 g/mol. The molecule has 2 unspecified atom stereocenters. The van der Waals surface area contributed by atoms with Gasteiger partial charge < -0.3 is 15.3 Å². The molecular weight excluding hydrogens is 246 g/mol. The van der Waals surface area contributed by atoms with Crippen molar-refractivity contribution in [1.82, 2.24) is 15.1 Å². The molecular formula is C13H23N3O3. The van der Waals surface area contributed by atoms with Gasteiger partial charge in [0.05, 0.1) is 0 Å². The molecule has 108 valence electrons. The lowest BCUT2D eigenvalue weighted by Crippen LogP contribution is -2.51. The molecule has 2 saturated heterocycles. The van der Waals surface area contributed by atoms with Crippen molar-refractivity contribution in [2.24, 2.45) is 0 Å². The van der Waals surface area contributed by atoms with Crippen molar-refractivity contribution in [1.29, 1.82) is 0 Å². The van der Waals surface area contributed by atoms with Crippen molar-refractivity contribution in [3.63, 3.8) is 0 Å². The van der Waals surface area contributed by atoms with Crippen LogP contribution in [0.15, 0.2) is 0 Å². The van der Waals surface area contributed by atoms with E-state index in [-0.39, 0.29) is 18.6 Å². The van der Waals surface area contributed by atoms with Gasteiger partial charge >= 0.3 is 12.0 Å². The van der Waals surface area contributed by atoms with Crippen LogP contribution in [-0.2, 0) is 4.79 Å². The lowest BCUT2D eigenvalue weighted by molar-refractivity contribution is -0.137. The fourth-order valence-corrected chi connectivity index (χ4v) is 3.16. The van der Waals surface area contributed by atoms with Gasteiger partial charge in [-0.3, -0.25) is 9.69 Å². The van der Waals surface area contributed by atoms with Crippen LogP contribution in [0.5, 0.6) is 0 Å². The number of nitrogens with one attached hydrogen (secondary N) is 1. The summed E-state index contributed by atoms with van der Waals surface area (Å²) in [6, 6.07) is 0.374. The number of carbonyl (C=O) groups is 2. The van der Waals surface area contributed by atoms with Crippen molar-refractivity contribution in [3.8, 4) is 0 Å². The Bertz CT molecular complexity index is 348. The number of nitrogens with zero attached hydrogens (tertiary/aromatic N) is 2. The summed E-state index contributed by atoms with van der Waals surface area (Å²) >= 11 is 0. The van der Waals surface area contributed by atoms with E-state index < -0.39 is 5.97 Å². The maximum atomic E-state index is 12.1. The molecule has 0 aliphatic carbocycles. The highest BCUT2D eigenvalue weighted by Gasteiger charge is 2.36. The molecule has 2 atom stereocenters. The zero-order valence-corrected chi connectivity index (χ0v) is 11.5. The van der Waals surface area contributed by atoms with Crippen LogP contribution in [0.25, 0.3) is 0 Å². The lowest BCUT2D eigenvalue weighted by Gasteiger charge is -2.33. The number of carbonyl (C=O) groups excluding carboxylic acids is 1. The van der Waals surface area contributed by atoms with Gasteiger partial charge in [-0.25, -0.2) is 4.79 Å². The molecule has 2 aliphatic heterocycles. The third-order valence-electron chi connectivity index (χ3n) is 4.16. The Labute approximate surface area is 113 Å². The number of piperidine rings is 1. The number of carboxylic acids is 1. The summed E-state index contributed by atoms with van der Waals surface area (Å²) in [5.74, 6) is -0.970. The molecule has 0 aromatic rings. The number of fused-ring (bicyclic) bond motifs is 1. The Hall–Kier alpha value is -1.30. The van der Waals surface area contributed by atoms with E-state index >= 15 is 0 Å². The standard InChI is InChI=1S/C13H23N3O3/c1-2-15(9-12(17)18)13(19)14-10-6-8-16-7-4-3-5-11(10)16/h10-11H,2-9H2,1H3,(H,14,19)(H,17,18). The number of hydrogen-bond donors (Lipinski definition) is 2. The van der Waals surface area contributed by atoms with E-state index in [2.05, 4.69) is 10.2 Å². The summed E-state index contributed by atoms with van der Waals surface area (Å²) in [5, 5.41) is 11.8. The zero-order chi connectivity index (χ0) is 13.8. The van der Waals surface area contributed by atoms with Crippen LogP contribution in [-0.4, -0.2) is 65.2 Å². The van der Waals surface area contributed by atoms with E-state index in [0.717, 1.165) is 25.9 Å². The molecule has 0 radical (unpaired) electrons. The van der Waals surface area contributed by atoms with Crippen LogP contribution in [0.2, 0.25) is 0 Å². The van der Waals surface area contributed by atoms with Gasteiger partial charge in [-0.1, -0.05) is 6.42 Å². The predicted octanol–water partition coefficient (Wildman–Crippen LogP) is 0.729. The fraction of sp³-hybridized carbons (Fsp3) is 0.846. The van der Waals surface area contributed by atoms with E-state index in [0.29, 0.717) is 12.6 Å². The Morgan fingerprint density at radius 1 is 1.32 bits per heavy atom. The van der Waals surface area contributed by atoms with Gasteiger partial charge in [0.15, 0.2) is 0 Å². The molecule has 6 nitrogen and oxygen atoms in total. The third kappa shape index (κ3) is 3.37. The summed E-state index contributed by atoms with van der Waals surface area (Å²) in [5.41, 5.74) is 0. The second kappa shape index (κ2) is 6.23. The number of hydrogen-bond acceptors (Lipinski definition) is 3. The Balaban J connectivity index is 1.89. The van der Waals surface area contributed by atoms with Crippen molar-refractivity contribution in [2.45, 2.75) is 44.7 Å². The van der Waals surface area contributed by atoms with E-state index in [9.17, 15) is 9.59 Å². The van der Waals surface area contributed by atoms with Gasteiger partial charge in [0.1, 0.15) is 6.54 Å². The molecule has 0 aromatic carbocycles. The average molecular weight is 269 g/mol. The Morgan fingerprint density at radius 3 is 2.79 bits per heavy atom. The highest BCUT2D eigenvalue weighted by molar-refractivity contribution is 5.80. The average Bonchev–Trinajstić information content (AvgIpc) is 2.79. The minimum Gasteiger partial charge on any atom is -0.480 e. The van der Waals surface area contributed by atoms with Gasteiger partial charge in [-0.2, -0.15) is 0 Å². The Kier molecular flexibility index (Phi) is 4.63. The van der Waals surface area contributed by atoms with Gasteiger partial charge in [-0.15, -0.1) is 0 Å². The molecule has 2 amide bonds. The van der Waals surface area contributed by atoms with E-state index in [1.165, 1.54) is 17.7 Å². The SMILES string of the molecule is CCN(CC(=O)O)C(=O)NC1CCN2CCCCC12. The number of rotatable bonds is 4. The molecule has 0 spiro atoms. The van der Waals surface area contributed by atoms with Gasteiger partial charge in [0.2, 0.25) is 0 Å². The van der Waals surface area contributed by atoms with Crippen LogP contribution >= 0.6 is 0 Å². The Morgan fingerprint density at radius 2 is 2.11 bits per heavy atom. The van der Waals surface area contributed by atoms with Crippen molar-refractivity contribution < 1.29 is 14.7 Å². The summed E-state index contributed by atoms with van der Waals surface area (Å²) in [6.45, 7) is 4.15. The second-order valence-corrected chi connectivity index (χ2v) is 5.35. The molecule has 2 fully saturated rings. The quantitative estimate of drug-likeness (QED) is 0.789. The lowest BCUT2D eigenvalue weighted by atomic mass is 9.99. The molecule has 0 bridgehead atoms. The summed E-state index contributed by atoms with van der Waals surface area (Å²) in [7, 11) is 0. The van der Waals surface area contributed by atoms with Crippen LogP contribution in [0.1, 0.15) is 32.6 Å². The summed E-state index contributed by atoms with van der Waals surface area (Å²) in [6.07, 6.45) is 4.58. The summed E-state index contributed by atoms with van der Waals surface area (Å²) < 4.78 is 0. The smallest absolute Gasteiger partial charge is 0.323 e. The summed E-state index contributed by atoms with van der Waals surface area (Å²) in [4.78, 5) is 26.6. The van der Waals surface area contributed by atoms with E-state index in [4.69, 9.17) is 5.11 Å². The van der Waals surface area contributed by atoms with Gasteiger partial charge in [-0.05, 0) is 32.7 Å². The predicted molar refractivity (Wildman–Crippen MR) is 71.0 cm³/mol. The number of carboxylic acid groups (broad SMARTS) is 1. The third-order valence-corrected chi connectivity index (χ3v) is 4.16. The molecule has 0 saturated carbocycles. The molecule has 2 heterocycles. The van der Waals surface area contributed by atoms with Crippen LogP contribution in [0.4, 0.5) is 4.79 Å². The van der Waals surface area contributed by atoms with Crippen LogP contribution in [0.3, 0.4) is 0 Å². The topological polar surface area (TPSA) is 72.9 Å². The molecule has 0 aromatic heterocycles. The van der Waals surface area contributed by atoms with E-state index in [1.807, 2.05) is 0 Å². The van der Waals surface area contributed by atoms with E-state index in [1.54, 1.807) is 6.92 Å². The minimum atomic E-state index is -0.970. The molecule has 19 heavy (non-hydrogen) atoms. The zero-order valence-electron chi connectivity index (χ0n) is 11.5. The highest BCUT2D eigenvalue weighted by atomic mass is 16.4. The first-order valence-electron chi connectivity index (χ1n) is 7.13. The first-order chi connectivity index (χ1) is 9.11. The second-order valence-electron chi connectivity index (χ2n) is 5.35. The fourth-order valence-electron chi connectivity index (χ4n) is 3.16. The maximum absolute atomic E-state index is 12.1. The van der Waals surface area contributed by atoms with Crippen LogP contribution < -0.4 is 5.32 Å². The maximum Gasteiger partial charge on any atom is 0.323 e. The normalized spacial score (nSPS) is 26.8. The minimum absolute atomic E-state index is 0.177. The first kappa shape index (κ1) is 14.1.